The highest BCUT2D eigenvalue weighted by Gasteiger charge is 2.24. The fourth-order valence-corrected chi connectivity index (χ4v) is 1.77. The van der Waals surface area contributed by atoms with E-state index in [2.05, 4.69) is 5.32 Å². The molecule has 0 aliphatic carbocycles. The summed E-state index contributed by atoms with van der Waals surface area (Å²) in [6.07, 6.45) is 1.74. The van der Waals surface area contributed by atoms with E-state index < -0.39 is 5.41 Å². The first-order chi connectivity index (χ1) is 8.50. The topological polar surface area (TPSA) is 68.3 Å². The minimum Gasteiger partial charge on any atom is -0.464 e. The highest BCUT2D eigenvalue weighted by molar-refractivity contribution is 5.81. The number of carbonyl (C=O) groups is 1. The number of primary amides is 1. The van der Waals surface area contributed by atoms with Crippen LogP contribution >= 0.6 is 0 Å². The molecular weight excluding hydrogens is 228 g/mol. The number of rotatable bonds is 5. The van der Waals surface area contributed by atoms with Crippen LogP contribution in [0.25, 0.3) is 11.0 Å². The summed E-state index contributed by atoms with van der Waals surface area (Å²) >= 11 is 0. The molecule has 4 heteroatoms. The second kappa shape index (κ2) is 4.82. The van der Waals surface area contributed by atoms with Crippen molar-refractivity contribution in [3.05, 3.63) is 36.1 Å². The Hall–Kier alpha value is -1.81. The molecule has 0 unspecified atom stereocenters. The summed E-state index contributed by atoms with van der Waals surface area (Å²) in [4.78, 5) is 11.2. The average Bonchev–Trinajstić information content (AvgIpc) is 2.72. The van der Waals surface area contributed by atoms with E-state index in [0.29, 0.717) is 13.1 Å². The van der Waals surface area contributed by atoms with Crippen LogP contribution in [0.4, 0.5) is 0 Å². The van der Waals surface area contributed by atoms with Gasteiger partial charge in [-0.1, -0.05) is 18.2 Å². The van der Waals surface area contributed by atoms with E-state index in [4.69, 9.17) is 10.2 Å². The maximum Gasteiger partial charge on any atom is 0.224 e. The van der Waals surface area contributed by atoms with Gasteiger partial charge in [-0.3, -0.25) is 4.79 Å². The summed E-state index contributed by atoms with van der Waals surface area (Å²) in [6, 6.07) is 7.88. The molecule has 0 spiro atoms. The van der Waals surface area contributed by atoms with E-state index in [1.54, 1.807) is 6.26 Å². The van der Waals surface area contributed by atoms with Gasteiger partial charge in [0.25, 0.3) is 0 Å². The molecule has 96 valence electrons. The normalized spacial score (nSPS) is 11.9. The Morgan fingerprint density at radius 3 is 2.83 bits per heavy atom. The molecule has 0 radical (unpaired) electrons. The minimum absolute atomic E-state index is 0.299. The molecule has 0 saturated heterocycles. The third kappa shape index (κ3) is 2.54. The molecule has 3 N–H and O–H groups in total. The number of carbonyl (C=O) groups excluding carboxylic acids is 1. The van der Waals surface area contributed by atoms with Gasteiger partial charge in [-0.05, 0) is 19.9 Å². The molecule has 0 fully saturated rings. The summed E-state index contributed by atoms with van der Waals surface area (Å²) in [5, 5.41) is 4.34. The number of benzene rings is 1. The van der Waals surface area contributed by atoms with Crippen LogP contribution in [0, 0.1) is 5.41 Å². The fraction of sp³-hybridized carbons (Fsp3) is 0.357. The highest BCUT2D eigenvalue weighted by atomic mass is 16.3. The van der Waals surface area contributed by atoms with E-state index >= 15 is 0 Å². The Labute approximate surface area is 106 Å². The van der Waals surface area contributed by atoms with Crippen LogP contribution in [-0.4, -0.2) is 12.5 Å². The van der Waals surface area contributed by atoms with Gasteiger partial charge in [0.1, 0.15) is 5.58 Å². The molecule has 2 rings (SSSR count). The molecule has 0 bridgehead atoms. The first-order valence-electron chi connectivity index (χ1n) is 5.96. The van der Waals surface area contributed by atoms with Crippen molar-refractivity contribution in [2.24, 2.45) is 11.1 Å². The van der Waals surface area contributed by atoms with Gasteiger partial charge in [-0.25, -0.2) is 0 Å². The molecule has 0 aliphatic rings. The number of amides is 1. The lowest BCUT2D eigenvalue weighted by Crippen LogP contribution is -2.40. The molecule has 1 heterocycles. The first-order valence-corrected chi connectivity index (χ1v) is 5.96. The zero-order valence-corrected chi connectivity index (χ0v) is 10.7. The minimum atomic E-state index is -0.542. The van der Waals surface area contributed by atoms with Crippen LogP contribution in [0.3, 0.4) is 0 Å². The number of fused-ring (bicyclic) bond motifs is 1. The molecule has 0 atom stereocenters. The zero-order chi connectivity index (χ0) is 13.2. The third-order valence-electron chi connectivity index (χ3n) is 3.11. The number of nitrogens with one attached hydrogen (secondary N) is 1. The molecule has 2 aromatic rings. The number of para-hydroxylation sites is 1. The van der Waals surface area contributed by atoms with Crippen LogP contribution in [-0.2, 0) is 11.3 Å². The van der Waals surface area contributed by atoms with Crippen molar-refractivity contribution in [2.45, 2.75) is 20.4 Å². The van der Waals surface area contributed by atoms with Crippen LogP contribution in [0.1, 0.15) is 19.4 Å². The molecule has 0 saturated carbocycles. The number of furan rings is 1. The van der Waals surface area contributed by atoms with Crippen LogP contribution in [0.5, 0.6) is 0 Å². The van der Waals surface area contributed by atoms with Gasteiger partial charge < -0.3 is 15.5 Å². The van der Waals surface area contributed by atoms with Gasteiger partial charge in [0.15, 0.2) is 0 Å². The summed E-state index contributed by atoms with van der Waals surface area (Å²) in [5.74, 6) is -0.299. The SMILES string of the molecule is CC(C)(CNCc1coc2ccccc12)C(N)=O. The molecule has 1 amide bonds. The van der Waals surface area contributed by atoms with Crippen molar-refractivity contribution >= 4 is 16.9 Å². The molecule has 0 aliphatic heterocycles. The standard InChI is InChI=1S/C14H18N2O2/c1-14(2,13(15)17)9-16-7-10-8-18-12-6-4-3-5-11(10)12/h3-6,8,16H,7,9H2,1-2H3,(H2,15,17). The monoisotopic (exact) mass is 246 g/mol. The Morgan fingerprint density at radius 1 is 1.39 bits per heavy atom. The van der Waals surface area contributed by atoms with Crippen molar-refractivity contribution in [3.8, 4) is 0 Å². The average molecular weight is 246 g/mol. The predicted octanol–water partition coefficient (Wildman–Crippen LogP) is 2.03. The van der Waals surface area contributed by atoms with Gasteiger partial charge in [-0.15, -0.1) is 0 Å². The van der Waals surface area contributed by atoms with Gasteiger partial charge in [0, 0.05) is 24.0 Å². The fourth-order valence-electron chi connectivity index (χ4n) is 1.77. The van der Waals surface area contributed by atoms with Gasteiger partial charge in [-0.2, -0.15) is 0 Å². The van der Waals surface area contributed by atoms with Crippen LogP contribution < -0.4 is 11.1 Å². The summed E-state index contributed by atoms with van der Waals surface area (Å²) in [5.41, 5.74) is 6.75. The van der Waals surface area contributed by atoms with Crippen molar-refractivity contribution in [2.75, 3.05) is 6.54 Å². The Balaban J connectivity index is 2.01. The second-order valence-corrected chi connectivity index (χ2v) is 5.11. The van der Waals surface area contributed by atoms with Crippen molar-refractivity contribution in [1.29, 1.82) is 0 Å². The number of hydrogen-bond acceptors (Lipinski definition) is 3. The molecule has 1 aromatic heterocycles. The van der Waals surface area contributed by atoms with Gasteiger partial charge >= 0.3 is 0 Å². The molecule has 4 nitrogen and oxygen atoms in total. The maximum absolute atomic E-state index is 11.2. The van der Waals surface area contributed by atoms with Crippen molar-refractivity contribution in [1.82, 2.24) is 5.32 Å². The van der Waals surface area contributed by atoms with Crippen LogP contribution in [0.15, 0.2) is 34.9 Å². The summed E-state index contributed by atoms with van der Waals surface area (Å²) < 4.78 is 5.45. The van der Waals surface area contributed by atoms with Crippen LogP contribution in [0.2, 0.25) is 0 Å². The molecule has 18 heavy (non-hydrogen) atoms. The molecule has 1 aromatic carbocycles. The third-order valence-corrected chi connectivity index (χ3v) is 3.11. The lowest BCUT2D eigenvalue weighted by atomic mass is 9.93. The highest BCUT2D eigenvalue weighted by Crippen LogP contribution is 2.20. The smallest absolute Gasteiger partial charge is 0.224 e. The number of nitrogens with two attached hydrogens (primary N) is 1. The van der Waals surface area contributed by atoms with Crippen molar-refractivity contribution < 1.29 is 9.21 Å². The van der Waals surface area contributed by atoms with E-state index in [0.717, 1.165) is 16.5 Å². The quantitative estimate of drug-likeness (QED) is 0.848. The van der Waals surface area contributed by atoms with E-state index in [9.17, 15) is 4.79 Å². The largest absolute Gasteiger partial charge is 0.464 e. The maximum atomic E-state index is 11.2. The Bertz CT molecular complexity index is 558. The Morgan fingerprint density at radius 2 is 2.11 bits per heavy atom. The Kier molecular flexibility index (Phi) is 3.39. The van der Waals surface area contributed by atoms with Gasteiger partial charge in [0.05, 0.1) is 11.7 Å². The van der Waals surface area contributed by atoms with Crippen molar-refractivity contribution in [3.63, 3.8) is 0 Å². The summed E-state index contributed by atoms with van der Waals surface area (Å²) in [7, 11) is 0. The predicted molar refractivity (Wildman–Crippen MR) is 70.9 cm³/mol. The first kappa shape index (κ1) is 12.6. The van der Waals surface area contributed by atoms with E-state index in [1.807, 2.05) is 38.1 Å². The number of hydrogen-bond donors (Lipinski definition) is 2. The van der Waals surface area contributed by atoms with E-state index in [1.165, 1.54) is 0 Å². The van der Waals surface area contributed by atoms with E-state index in [-0.39, 0.29) is 5.91 Å². The lowest BCUT2D eigenvalue weighted by Gasteiger charge is -2.20. The molecular formula is C14H18N2O2. The van der Waals surface area contributed by atoms with Gasteiger partial charge in [0.2, 0.25) is 5.91 Å². The lowest BCUT2D eigenvalue weighted by molar-refractivity contribution is -0.125. The second-order valence-electron chi connectivity index (χ2n) is 5.11. The zero-order valence-electron chi connectivity index (χ0n) is 10.7. The summed E-state index contributed by atoms with van der Waals surface area (Å²) in [6.45, 7) is 4.86.